The van der Waals surface area contributed by atoms with E-state index in [1.165, 1.54) is 6.26 Å². The Hall–Kier alpha value is -1.03. The Balaban J connectivity index is 2.50. The molecule has 1 rings (SSSR count). The molecule has 0 aromatic carbocycles. The van der Waals surface area contributed by atoms with Gasteiger partial charge in [-0.15, -0.1) is 0 Å². The molecule has 44 valence electrons. The summed E-state index contributed by atoms with van der Waals surface area (Å²) in [5.41, 5.74) is 5.32. The maximum Gasteiger partial charge on any atom is 0.309 e. The lowest BCUT2D eigenvalue weighted by Gasteiger charge is -1.92. The third-order valence-corrected chi connectivity index (χ3v) is 0.664. The van der Waals surface area contributed by atoms with Crippen LogP contribution in [0.2, 0.25) is 0 Å². The van der Waals surface area contributed by atoms with Crippen molar-refractivity contribution in [2.75, 3.05) is 12.5 Å². The van der Waals surface area contributed by atoms with E-state index >= 15 is 0 Å². The fourth-order valence-electron chi connectivity index (χ4n) is 0.392. The lowest BCUT2D eigenvalue weighted by atomic mass is 11.0. The molecule has 0 fully saturated rings. The van der Waals surface area contributed by atoms with E-state index in [1.807, 2.05) is 0 Å². The Morgan fingerprint density at radius 3 is 3.12 bits per heavy atom. The molecule has 1 aromatic rings. The van der Waals surface area contributed by atoms with Crippen LogP contribution in [0, 0.1) is 0 Å². The molecular formula is C4H7N3O. The van der Waals surface area contributed by atoms with Gasteiger partial charge in [0.2, 0.25) is 0 Å². The van der Waals surface area contributed by atoms with Gasteiger partial charge in [-0.25, -0.2) is 10.4 Å². The molecule has 4 heteroatoms. The van der Waals surface area contributed by atoms with Gasteiger partial charge in [0, 0.05) is 7.05 Å². The highest BCUT2D eigenvalue weighted by Gasteiger charge is 1.87. The molecule has 1 aromatic heterocycles. The standard InChI is InChI=1S/C4H7N3O/c1-5-7-4-6-2-3-8-4/h2-3,5H,1H3,(H,6,7). The molecule has 1 heterocycles. The smallest absolute Gasteiger partial charge is 0.309 e. The summed E-state index contributed by atoms with van der Waals surface area (Å²) in [6.07, 6.45) is 3.07. The zero-order valence-corrected chi connectivity index (χ0v) is 4.51. The van der Waals surface area contributed by atoms with Gasteiger partial charge in [-0.2, -0.15) is 0 Å². The summed E-state index contributed by atoms with van der Waals surface area (Å²) in [5, 5.41) is 0. The van der Waals surface area contributed by atoms with E-state index in [4.69, 9.17) is 4.42 Å². The molecule has 0 unspecified atom stereocenters. The van der Waals surface area contributed by atoms with Crippen molar-refractivity contribution in [3.63, 3.8) is 0 Å². The first-order valence-electron chi connectivity index (χ1n) is 2.25. The topological polar surface area (TPSA) is 50.1 Å². The second-order valence-electron chi connectivity index (χ2n) is 1.21. The summed E-state index contributed by atoms with van der Waals surface area (Å²) < 4.78 is 4.79. The summed E-state index contributed by atoms with van der Waals surface area (Å²) in [4.78, 5) is 3.77. The molecule has 2 N–H and O–H groups in total. The molecule has 0 saturated heterocycles. The van der Waals surface area contributed by atoms with E-state index in [-0.39, 0.29) is 0 Å². The summed E-state index contributed by atoms with van der Waals surface area (Å²) in [7, 11) is 1.74. The molecule has 0 radical (unpaired) electrons. The molecule has 0 spiro atoms. The predicted molar refractivity (Wildman–Crippen MR) is 29.2 cm³/mol. The summed E-state index contributed by atoms with van der Waals surface area (Å²) in [6.45, 7) is 0. The number of aromatic nitrogens is 1. The van der Waals surface area contributed by atoms with Gasteiger partial charge in [0.15, 0.2) is 0 Å². The van der Waals surface area contributed by atoms with Crippen molar-refractivity contribution in [1.82, 2.24) is 10.4 Å². The van der Waals surface area contributed by atoms with Crippen LogP contribution >= 0.6 is 0 Å². The fourth-order valence-corrected chi connectivity index (χ4v) is 0.392. The van der Waals surface area contributed by atoms with Crippen LogP contribution < -0.4 is 10.9 Å². The largest absolute Gasteiger partial charge is 0.431 e. The second kappa shape index (κ2) is 2.32. The van der Waals surface area contributed by atoms with Crippen LogP contribution in [0.25, 0.3) is 0 Å². The molecule has 0 aliphatic heterocycles. The summed E-state index contributed by atoms with van der Waals surface area (Å²) in [5.74, 6) is 0. The van der Waals surface area contributed by atoms with E-state index in [0.717, 1.165) is 0 Å². The summed E-state index contributed by atoms with van der Waals surface area (Å²) >= 11 is 0. The van der Waals surface area contributed by atoms with Crippen LogP contribution in [-0.2, 0) is 0 Å². The Morgan fingerprint density at radius 1 is 1.75 bits per heavy atom. The second-order valence-corrected chi connectivity index (χ2v) is 1.21. The maximum absolute atomic E-state index is 4.79. The van der Waals surface area contributed by atoms with Crippen LogP contribution in [0.15, 0.2) is 16.9 Å². The first-order chi connectivity index (χ1) is 3.93. The lowest BCUT2D eigenvalue weighted by molar-refractivity contribution is 0.565. The number of rotatable bonds is 2. The average Bonchev–Trinajstić information content (AvgIpc) is 2.19. The van der Waals surface area contributed by atoms with Gasteiger partial charge in [0.1, 0.15) is 6.26 Å². The molecule has 8 heavy (non-hydrogen) atoms. The SMILES string of the molecule is CNNc1ncco1. The molecule has 0 aliphatic carbocycles. The highest BCUT2D eigenvalue weighted by molar-refractivity contribution is 5.14. The zero-order chi connectivity index (χ0) is 5.82. The quantitative estimate of drug-likeness (QED) is 0.539. The molecule has 0 atom stereocenters. The van der Waals surface area contributed by atoms with E-state index in [0.29, 0.717) is 6.01 Å². The highest BCUT2D eigenvalue weighted by atomic mass is 16.4. The monoisotopic (exact) mass is 113 g/mol. The number of hydrogen-bond acceptors (Lipinski definition) is 4. The molecule has 0 amide bonds. The van der Waals surface area contributed by atoms with Crippen molar-refractivity contribution in [3.8, 4) is 0 Å². The number of hydrazine groups is 1. The zero-order valence-electron chi connectivity index (χ0n) is 4.51. The van der Waals surface area contributed by atoms with Crippen LogP contribution in [0.1, 0.15) is 0 Å². The first-order valence-corrected chi connectivity index (χ1v) is 2.25. The summed E-state index contributed by atoms with van der Waals surface area (Å²) in [6, 6.07) is 0.479. The van der Waals surface area contributed by atoms with Gasteiger partial charge in [0.05, 0.1) is 6.20 Å². The minimum atomic E-state index is 0.479. The number of nitrogens with zero attached hydrogens (tertiary/aromatic N) is 1. The lowest BCUT2D eigenvalue weighted by Crippen LogP contribution is -2.14. The van der Waals surface area contributed by atoms with Crippen LogP contribution in [-0.4, -0.2) is 12.0 Å². The molecule has 0 aliphatic rings. The van der Waals surface area contributed by atoms with Gasteiger partial charge in [-0.3, -0.25) is 5.43 Å². The van der Waals surface area contributed by atoms with Crippen molar-refractivity contribution in [2.45, 2.75) is 0 Å². The normalized spacial score (nSPS) is 9.12. The van der Waals surface area contributed by atoms with Crippen LogP contribution in [0.4, 0.5) is 6.01 Å². The van der Waals surface area contributed by atoms with Gasteiger partial charge in [-0.05, 0) is 0 Å². The third kappa shape index (κ3) is 0.974. The Morgan fingerprint density at radius 2 is 2.62 bits per heavy atom. The van der Waals surface area contributed by atoms with Gasteiger partial charge >= 0.3 is 6.01 Å². The predicted octanol–water partition coefficient (Wildman–Crippen LogP) is 0.221. The molecule has 4 nitrogen and oxygen atoms in total. The van der Waals surface area contributed by atoms with E-state index < -0.39 is 0 Å². The van der Waals surface area contributed by atoms with Gasteiger partial charge < -0.3 is 4.42 Å². The fraction of sp³-hybridized carbons (Fsp3) is 0.250. The Bertz CT molecular complexity index is 137. The number of hydrogen-bond donors (Lipinski definition) is 2. The molecule has 0 saturated carbocycles. The van der Waals surface area contributed by atoms with Crippen LogP contribution in [0.5, 0.6) is 0 Å². The van der Waals surface area contributed by atoms with E-state index in [9.17, 15) is 0 Å². The highest BCUT2D eigenvalue weighted by Crippen LogP contribution is 1.96. The van der Waals surface area contributed by atoms with E-state index in [1.54, 1.807) is 13.2 Å². The average molecular weight is 113 g/mol. The minimum Gasteiger partial charge on any atom is -0.431 e. The molecule has 0 bridgehead atoms. The van der Waals surface area contributed by atoms with Crippen molar-refractivity contribution in [3.05, 3.63) is 12.5 Å². The Labute approximate surface area is 46.9 Å². The van der Waals surface area contributed by atoms with Crippen molar-refractivity contribution < 1.29 is 4.42 Å². The van der Waals surface area contributed by atoms with E-state index in [2.05, 4.69) is 15.8 Å². The molecular weight excluding hydrogens is 106 g/mol. The minimum absolute atomic E-state index is 0.479. The van der Waals surface area contributed by atoms with Gasteiger partial charge in [0.25, 0.3) is 0 Å². The maximum atomic E-state index is 4.79. The van der Waals surface area contributed by atoms with Crippen molar-refractivity contribution >= 4 is 6.01 Å². The number of oxazole rings is 1. The van der Waals surface area contributed by atoms with Gasteiger partial charge in [-0.1, -0.05) is 0 Å². The Kier molecular flexibility index (Phi) is 1.48. The number of nitrogens with one attached hydrogen (secondary N) is 2. The van der Waals surface area contributed by atoms with Crippen molar-refractivity contribution in [2.24, 2.45) is 0 Å². The van der Waals surface area contributed by atoms with Crippen LogP contribution in [0.3, 0.4) is 0 Å². The first kappa shape index (κ1) is 5.11. The number of anilines is 1. The van der Waals surface area contributed by atoms with Crippen molar-refractivity contribution in [1.29, 1.82) is 0 Å². The third-order valence-electron chi connectivity index (χ3n) is 0.664.